The van der Waals surface area contributed by atoms with Crippen LogP contribution in [0.1, 0.15) is 46.0 Å². The van der Waals surface area contributed by atoms with Gasteiger partial charge in [0.25, 0.3) is 0 Å². The highest BCUT2D eigenvalue weighted by Gasteiger charge is 2.43. The standard InChI is InChI=1S/C14H26N2/c1-14(2)6-5-11(13(14)15)9-16-8-10-3-4-12(16)7-10/h10-13H,3-9,15H2,1-2H3. The number of hydrogen-bond donors (Lipinski definition) is 1. The van der Waals surface area contributed by atoms with Gasteiger partial charge in [0.2, 0.25) is 0 Å². The third-order valence-electron chi connectivity index (χ3n) is 5.56. The minimum Gasteiger partial charge on any atom is -0.327 e. The van der Waals surface area contributed by atoms with E-state index in [0.29, 0.717) is 11.5 Å². The number of nitrogens with zero attached hydrogens (tertiary/aromatic N) is 1. The smallest absolute Gasteiger partial charge is 0.0131 e. The van der Waals surface area contributed by atoms with Crippen LogP contribution in [0.3, 0.4) is 0 Å². The van der Waals surface area contributed by atoms with E-state index in [1.807, 2.05) is 0 Å². The van der Waals surface area contributed by atoms with Crippen LogP contribution in [-0.2, 0) is 0 Å². The van der Waals surface area contributed by atoms with E-state index < -0.39 is 0 Å². The summed E-state index contributed by atoms with van der Waals surface area (Å²) in [6, 6.07) is 1.34. The molecular weight excluding hydrogens is 196 g/mol. The van der Waals surface area contributed by atoms with Gasteiger partial charge in [0, 0.05) is 25.2 Å². The first-order chi connectivity index (χ1) is 7.56. The molecule has 2 heteroatoms. The van der Waals surface area contributed by atoms with Crippen molar-refractivity contribution < 1.29 is 0 Å². The largest absolute Gasteiger partial charge is 0.327 e. The Balaban J connectivity index is 1.60. The predicted octanol–water partition coefficient (Wildman–Crippen LogP) is 2.23. The summed E-state index contributed by atoms with van der Waals surface area (Å²) >= 11 is 0. The minimum absolute atomic E-state index is 0.378. The number of piperidine rings is 1. The average Bonchev–Trinajstić information content (AvgIpc) is 2.89. The van der Waals surface area contributed by atoms with Crippen LogP contribution in [0.15, 0.2) is 0 Å². The summed E-state index contributed by atoms with van der Waals surface area (Å²) in [5.41, 5.74) is 6.78. The van der Waals surface area contributed by atoms with E-state index in [9.17, 15) is 0 Å². The molecule has 1 aliphatic heterocycles. The molecule has 2 nitrogen and oxygen atoms in total. The molecule has 16 heavy (non-hydrogen) atoms. The molecule has 0 aromatic heterocycles. The third kappa shape index (κ3) is 1.70. The average molecular weight is 222 g/mol. The fourth-order valence-corrected chi connectivity index (χ4v) is 4.30. The number of likely N-dealkylation sites (tertiary alicyclic amines) is 1. The van der Waals surface area contributed by atoms with Crippen molar-refractivity contribution in [1.29, 1.82) is 0 Å². The summed E-state index contributed by atoms with van der Waals surface area (Å²) in [7, 11) is 0. The first-order valence-corrected chi connectivity index (χ1v) is 7.06. The molecule has 2 saturated carbocycles. The minimum atomic E-state index is 0.378. The lowest BCUT2D eigenvalue weighted by molar-refractivity contribution is 0.166. The first kappa shape index (κ1) is 11.0. The van der Waals surface area contributed by atoms with Crippen molar-refractivity contribution in [3.8, 4) is 0 Å². The van der Waals surface area contributed by atoms with Crippen molar-refractivity contribution >= 4 is 0 Å². The zero-order chi connectivity index (χ0) is 11.3. The van der Waals surface area contributed by atoms with E-state index in [-0.39, 0.29) is 0 Å². The predicted molar refractivity (Wildman–Crippen MR) is 67.2 cm³/mol. The Kier molecular flexibility index (Phi) is 2.56. The maximum atomic E-state index is 6.41. The highest BCUT2D eigenvalue weighted by molar-refractivity contribution is 4.98. The molecule has 0 aromatic rings. The first-order valence-electron chi connectivity index (χ1n) is 7.06. The van der Waals surface area contributed by atoms with Crippen molar-refractivity contribution in [3.05, 3.63) is 0 Å². The number of rotatable bonds is 2. The molecule has 4 atom stereocenters. The molecule has 1 heterocycles. The van der Waals surface area contributed by atoms with Crippen LogP contribution < -0.4 is 5.73 Å². The Morgan fingerprint density at radius 2 is 2.06 bits per heavy atom. The lowest BCUT2D eigenvalue weighted by atomic mass is 9.85. The van der Waals surface area contributed by atoms with E-state index in [1.54, 1.807) is 0 Å². The SMILES string of the molecule is CC1(C)CCC(CN2CC3CCC2C3)C1N. The quantitative estimate of drug-likeness (QED) is 0.776. The van der Waals surface area contributed by atoms with Crippen LogP contribution in [0.4, 0.5) is 0 Å². The van der Waals surface area contributed by atoms with Crippen LogP contribution in [0.2, 0.25) is 0 Å². The molecule has 3 rings (SSSR count). The maximum absolute atomic E-state index is 6.41. The second kappa shape index (κ2) is 3.71. The van der Waals surface area contributed by atoms with Gasteiger partial charge in [-0.05, 0) is 49.4 Å². The molecular formula is C14H26N2. The molecule has 1 saturated heterocycles. The number of hydrogen-bond acceptors (Lipinski definition) is 2. The fourth-order valence-electron chi connectivity index (χ4n) is 4.30. The Morgan fingerprint density at radius 1 is 1.25 bits per heavy atom. The van der Waals surface area contributed by atoms with Gasteiger partial charge in [-0.3, -0.25) is 4.90 Å². The lowest BCUT2D eigenvalue weighted by Crippen LogP contribution is -2.44. The summed E-state index contributed by atoms with van der Waals surface area (Å²) in [6.45, 7) is 7.33. The lowest BCUT2D eigenvalue weighted by Gasteiger charge is -2.33. The molecule has 0 amide bonds. The summed E-state index contributed by atoms with van der Waals surface area (Å²) in [5.74, 6) is 1.78. The van der Waals surface area contributed by atoms with Gasteiger partial charge in [0.05, 0.1) is 0 Å². The monoisotopic (exact) mass is 222 g/mol. The van der Waals surface area contributed by atoms with Crippen molar-refractivity contribution in [3.63, 3.8) is 0 Å². The molecule has 2 N–H and O–H groups in total. The van der Waals surface area contributed by atoms with E-state index in [2.05, 4.69) is 18.7 Å². The molecule has 0 spiro atoms. The molecule has 2 aliphatic carbocycles. The van der Waals surface area contributed by atoms with Crippen LogP contribution >= 0.6 is 0 Å². The summed E-state index contributed by atoms with van der Waals surface area (Å²) in [5, 5.41) is 0. The van der Waals surface area contributed by atoms with E-state index in [4.69, 9.17) is 5.73 Å². The van der Waals surface area contributed by atoms with Gasteiger partial charge in [-0.2, -0.15) is 0 Å². The molecule has 4 unspecified atom stereocenters. The molecule has 2 bridgehead atoms. The Morgan fingerprint density at radius 3 is 2.56 bits per heavy atom. The fraction of sp³-hybridized carbons (Fsp3) is 1.00. The molecule has 92 valence electrons. The van der Waals surface area contributed by atoms with Crippen molar-refractivity contribution in [2.75, 3.05) is 13.1 Å². The van der Waals surface area contributed by atoms with Gasteiger partial charge < -0.3 is 5.73 Å². The van der Waals surface area contributed by atoms with Gasteiger partial charge in [0.15, 0.2) is 0 Å². The third-order valence-corrected chi connectivity index (χ3v) is 5.56. The van der Waals surface area contributed by atoms with E-state index >= 15 is 0 Å². The van der Waals surface area contributed by atoms with Crippen molar-refractivity contribution in [1.82, 2.24) is 4.90 Å². The number of nitrogens with two attached hydrogens (primary N) is 1. The second-order valence-corrected chi connectivity index (χ2v) is 7.10. The highest BCUT2D eigenvalue weighted by atomic mass is 15.2. The van der Waals surface area contributed by atoms with Crippen molar-refractivity contribution in [2.45, 2.75) is 58.0 Å². The van der Waals surface area contributed by atoms with Crippen LogP contribution in [-0.4, -0.2) is 30.1 Å². The summed E-state index contributed by atoms with van der Waals surface area (Å²) in [4.78, 5) is 2.75. The highest BCUT2D eigenvalue weighted by Crippen LogP contribution is 2.43. The molecule has 3 fully saturated rings. The van der Waals surface area contributed by atoms with Crippen LogP contribution in [0, 0.1) is 17.3 Å². The zero-order valence-electron chi connectivity index (χ0n) is 10.8. The maximum Gasteiger partial charge on any atom is 0.0131 e. The van der Waals surface area contributed by atoms with Gasteiger partial charge >= 0.3 is 0 Å². The Hall–Kier alpha value is -0.0800. The summed E-state index contributed by atoms with van der Waals surface area (Å²) < 4.78 is 0. The van der Waals surface area contributed by atoms with Crippen LogP contribution in [0.5, 0.6) is 0 Å². The summed E-state index contributed by atoms with van der Waals surface area (Å²) in [6.07, 6.45) is 7.09. The van der Waals surface area contributed by atoms with E-state index in [0.717, 1.165) is 17.9 Å². The van der Waals surface area contributed by atoms with Gasteiger partial charge in [-0.1, -0.05) is 13.8 Å². The van der Waals surface area contributed by atoms with Gasteiger partial charge in [-0.25, -0.2) is 0 Å². The van der Waals surface area contributed by atoms with Gasteiger partial charge in [-0.15, -0.1) is 0 Å². The van der Waals surface area contributed by atoms with Gasteiger partial charge in [0.1, 0.15) is 0 Å². The normalized spacial score (nSPS) is 46.7. The molecule has 0 aromatic carbocycles. The Labute approximate surface area is 99.6 Å². The molecule has 0 radical (unpaired) electrons. The zero-order valence-corrected chi connectivity index (χ0v) is 10.8. The van der Waals surface area contributed by atoms with Crippen molar-refractivity contribution in [2.24, 2.45) is 23.0 Å². The van der Waals surface area contributed by atoms with Crippen LogP contribution in [0.25, 0.3) is 0 Å². The molecule has 3 aliphatic rings. The Bertz CT molecular complexity index is 274. The van der Waals surface area contributed by atoms with E-state index in [1.165, 1.54) is 45.2 Å². The number of fused-ring (bicyclic) bond motifs is 2. The second-order valence-electron chi connectivity index (χ2n) is 7.10. The topological polar surface area (TPSA) is 29.3 Å².